The van der Waals surface area contributed by atoms with Gasteiger partial charge in [0.2, 0.25) is 0 Å². The first-order valence-corrected chi connectivity index (χ1v) is 7.37. The molecule has 1 unspecified atom stereocenters. The summed E-state index contributed by atoms with van der Waals surface area (Å²) in [4.78, 5) is 10.6. The molecule has 0 aliphatic carbocycles. The molecule has 0 aromatic heterocycles. The average Bonchev–Trinajstić information content (AvgIpc) is 2.34. The van der Waals surface area contributed by atoms with Crippen LogP contribution in [-0.2, 0) is 4.79 Å². The van der Waals surface area contributed by atoms with Gasteiger partial charge in [-0.3, -0.25) is 0 Å². The van der Waals surface area contributed by atoms with Gasteiger partial charge in [0.15, 0.2) is 0 Å². The van der Waals surface area contributed by atoms with E-state index in [1.165, 1.54) is 17.3 Å². The molecule has 0 saturated heterocycles. The Morgan fingerprint density at radius 3 is 2.75 bits per heavy atom. The van der Waals surface area contributed by atoms with Crippen molar-refractivity contribution in [1.82, 2.24) is 0 Å². The molecule has 0 fully saturated rings. The normalized spacial score (nSPS) is 11.3. The molecule has 0 radical (unpaired) electrons. The first kappa shape index (κ1) is 13.0. The van der Waals surface area contributed by atoms with E-state index in [1.54, 1.807) is 0 Å². The molecule has 84 valence electrons. The van der Waals surface area contributed by atoms with Crippen LogP contribution in [0.3, 0.4) is 0 Å². The minimum atomic E-state index is 0.354. The van der Waals surface area contributed by atoms with Crippen molar-refractivity contribution in [3.8, 4) is 11.8 Å². The van der Waals surface area contributed by atoms with Crippen molar-refractivity contribution >= 4 is 25.7 Å². The molecule has 0 amide bonds. The fourth-order valence-corrected chi connectivity index (χ4v) is 3.55. The third kappa shape index (κ3) is 5.16. The van der Waals surface area contributed by atoms with Crippen LogP contribution in [0, 0.1) is 11.8 Å². The summed E-state index contributed by atoms with van der Waals surface area (Å²) in [6, 6.07) is 10.4. The van der Waals surface area contributed by atoms with Gasteiger partial charge in [0, 0.05) is 0 Å². The zero-order valence-electron chi connectivity index (χ0n) is 9.48. The predicted molar refractivity (Wildman–Crippen MR) is 68.9 cm³/mol. The number of carbonyl (C=O) groups is 1. The third-order valence-corrected chi connectivity index (χ3v) is 4.63. The molecular weight excluding hydrogens is 263 g/mol. The maximum atomic E-state index is 10.3. The van der Waals surface area contributed by atoms with E-state index in [-0.39, 0.29) is 0 Å². The Labute approximate surface area is 104 Å². The van der Waals surface area contributed by atoms with Gasteiger partial charge >= 0.3 is 104 Å². The number of unbranched alkanes of at least 4 members (excludes halogenated alkanes) is 1. The van der Waals surface area contributed by atoms with Crippen LogP contribution in [0.15, 0.2) is 30.3 Å². The van der Waals surface area contributed by atoms with Crippen molar-refractivity contribution < 1.29 is 4.79 Å². The van der Waals surface area contributed by atoms with Crippen LogP contribution in [0.2, 0.25) is 4.82 Å². The summed E-state index contributed by atoms with van der Waals surface area (Å²) in [5.41, 5.74) is 0. The van der Waals surface area contributed by atoms with Gasteiger partial charge in [-0.25, -0.2) is 0 Å². The van der Waals surface area contributed by atoms with Crippen LogP contribution in [-0.4, -0.2) is 21.2 Å². The molecule has 1 aromatic rings. The molecule has 16 heavy (non-hydrogen) atoms. The topological polar surface area (TPSA) is 17.1 Å². The molecule has 0 heterocycles. The molecule has 2 heteroatoms. The van der Waals surface area contributed by atoms with Crippen LogP contribution >= 0.6 is 0 Å². The summed E-state index contributed by atoms with van der Waals surface area (Å²) >= 11 is 0.354. The Hall–Kier alpha value is -1.03. The Morgan fingerprint density at radius 1 is 1.38 bits per heavy atom. The SMILES string of the molecule is CCCCC(C#CC=O)[Se]c1ccccc1. The van der Waals surface area contributed by atoms with Crippen LogP contribution in [0.1, 0.15) is 26.2 Å². The Kier molecular flexibility index (Phi) is 6.65. The Bertz CT molecular complexity index is 361. The summed E-state index contributed by atoms with van der Waals surface area (Å²) in [6.45, 7) is 2.18. The van der Waals surface area contributed by atoms with Gasteiger partial charge in [-0.1, -0.05) is 0 Å². The first-order chi connectivity index (χ1) is 7.86. The number of aldehydes is 1. The molecule has 1 aromatic carbocycles. The maximum absolute atomic E-state index is 10.3. The molecule has 0 spiro atoms. The van der Waals surface area contributed by atoms with Gasteiger partial charge in [0.25, 0.3) is 0 Å². The summed E-state index contributed by atoms with van der Waals surface area (Å²) < 4.78 is 1.36. The van der Waals surface area contributed by atoms with E-state index in [0.717, 1.165) is 6.42 Å². The third-order valence-electron chi connectivity index (χ3n) is 2.14. The van der Waals surface area contributed by atoms with Crippen molar-refractivity contribution in [2.75, 3.05) is 0 Å². The molecule has 0 saturated carbocycles. The fourth-order valence-electron chi connectivity index (χ4n) is 1.34. The van der Waals surface area contributed by atoms with Gasteiger partial charge in [0.05, 0.1) is 0 Å². The average molecular weight is 279 g/mol. The number of rotatable bonds is 5. The zero-order chi connectivity index (χ0) is 11.6. The van der Waals surface area contributed by atoms with Crippen LogP contribution in [0.4, 0.5) is 0 Å². The number of hydrogen-bond acceptors (Lipinski definition) is 1. The van der Waals surface area contributed by atoms with Crippen molar-refractivity contribution in [2.45, 2.75) is 31.0 Å². The van der Waals surface area contributed by atoms with Crippen LogP contribution in [0.25, 0.3) is 0 Å². The second-order valence-corrected chi connectivity index (χ2v) is 6.15. The summed E-state index contributed by atoms with van der Waals surface area (Å²) in [6.07, 6.45) is 4.17. The molecule has 0 bridgehead atoms. The van der Waals surface area contributed by atoms with E-state index in [0.29, 0.717) is 26.1 Å². The van der Waals surface area contributed by atoms with Gasteiger partial charge < -0.3 is 0 Å². The predicted octanol–water partition coefficient (Wildman–Crippen LogP) is 2.20. The molecule has 0 aliphatic heterocycles. The molecular formula is C14H16OSe. The van der Waals surface area contributed by atoms with Crippen LogP contribution < -0.4 is 4.46 Å². The molecule has 1 nitrogen and oxygen atoms in total. The fraction of sp³-hybridized carbons (Fsp3) is 0.357. The van der Waals surface area contributed by atoms with E-state index >= 15 is 0 Å². The van der Waals surface area contributed by atoms with E-state index in [4.69, 9.17) is 0 Å². The summed E-state index contributed by atoms with van der Waals surface area (Å²) in [5, 5.41) is 0. The molecule has 0 aliphatic rings. The Balaban J connectivity index is 2.59. The summed E-state index contributed by atoms with van der Waals surface area (Å²) in [7, 11) is 0. The van der Waals surface area contributed by atoms with Crippen molar-refractivity contribution in [1.29, 1.82) is 0 Å². The van der Waals surface area contributed by atoms with Gasteiger partial charge in [-0.15, -0.1) is 0 Å². The standard InChI is InChI=1S/C14H16OSe/c1-2-3-8-13(11-7-12-15)16-14-9-5-4-6-10-14/h4-6,9-10,12-13H,2-3,8H2,1H3. The minimum absolute atomic E-state index is 0.354. The van der Waals surface area contributed by atoms with Gasteiger partial charge in [-0.2, -0.15) is 0 Å². The van der Waals surface area contributed by atoms with E-state index in [2.05, 4.69) is 43.0 Å². The van der Waals surface area contributed by atoms with E-state index in [1.807, 2.05) is 6.07 Å². The molecule has 0 N–H and O–H groups in total. The first-order valence-electron chi connectivity index (χ1n) is 5.53. The van der Waals surface area contributed by atoms with Gasteiger partial charge in [-0.05, 0) is 0 Å². The van der Waals surface area contributed by atoms with Crippen molar-refractivity contribution in [3.05, 3.63) is 30.3 Å². The monoisotopic (exact) mass is 280 g/mol. The van der Waals surface area contributed by atoms with E-state index in [9.17, 15) is 4.79 Å². The number of hydrogen-bond donors (Lipinski definition) is 0. The van der Waals surface area contributed by atoms with E-state index < -0.39 is 0 Å². The van der Waals surface area contributed by atoms with Crippen molar-refractivity contribution in [3.63, 3.8) is 0 Å². The number of carbonyl (C=O) groups excluding carboxylic acids is 1. The molecule has 1 rings (SSSR count). The summed E-state index contributed by atoms with van der Waals surface area (Å²) in [5.74, 6) is 5.62. The molecule has 1 atom stereocenters. The number of benzene rings is 1. The second kappa shape index (κ2) is 8.16. The van der Waals surface area contributed by atoms with Crippen LogP contribution in [0.5, 0.6) is 0 Å². The Morgan fingerprint density at radius 2 is 2.12 bits per heavy atom. The second-order valence-electron chi connectivity index (χ2n) is 3.47. The zero-order valence-corrected chi connectivity index (χ0v) is 11.2. The quantitative estimate of drug-likeness (QED) is 0.459. The van der Waals surface area contributed by atoms with Crippen molar-refractivity contribution in [2.24, 2.45) is 0 Å². The van der Waals surface area contributed by atoms with Gasteiger partial charge in [0.1, 0.15) is 0 Å².